The lowest BCUT2D eigenvalue weighted by Crippen LogP contribution is -2.57. The highest BCUT2D eigenvalue weighted by Crippen LogP contribution is 2.22. The number of nitro groups is 1. The van der Waals surface area contributed by atoms with Crippen molar-refractivity contribution in [3.05, 3.63) is 52.3 Å². The van der Waals surface area contributed by atoms with Crippen molar-refractivity contribution in [2.24, 2.45) is 0 Å². The molecule has 1 saturated heterocycles. The molecule has 1 amide bonds. The molecule has 2 atom stereocenters. The SMILES string of the molecule is CC1NCCN(C(=O)c2ccn(-c3ccccc3[N+](=O)[O-])n2)C1C.Cl. The Kier molecular flexibility index (Phi) is 5.76. The molecular weight excluding hydrogens is 346 g/mol. The topological polar surface area (TPSA) is 93.3 Å². The first kappa shape index (κ1) is 18.9. The van der Waals surface area contributed by atoms with Crippen molar-refractivity contribution in [1.29, 1.82) is 0 Å². The molecule has 0 spiro atoms. The summed E-state index contributed by atoms with van der Waals surface area (Å²) >= 11 is 0. The number of nitrogens with zero attached hydrogens (tertiary/aromatic N) is 4. The van der Waals surface area contributed by atoms with Gasteiger partial charge < -0.3 is 10.2 Å². The molecule has 1 aliphatic rings. The fourth-order valence-corrected chi connectivity index (χ4v) is 2.87. The summed E-state index contributed by atoms with van der Waals surface area (Å²) in [5, 5.41) is 18.7. The average molecular weight is 366 g/mol. The predicted octanol–water partition coefficient (Wildman–Crippen LogP) is 2.02. The molecule has 0 radical (unpaired) electrons. The number of halogens is 1. The Morgan fingerprint density at radius 1 is 1.32 bits per heavy atom. The summed E-state index contributed by atoms with van der Waals surface area (Å²) in [6.07, 6.45) is 1.58. The number of para-hydroxylation sites is 2. The van der Waals surface area contributed by atoms with E-state index >= 15 is 0 Å². The van der Waals surface area contributed by atoms with Crippen LogP contribution in [0.25, 0.3) is 5.69 Å². The Morgan fingerprint density at radius 2 is 2.04 bits per heavy atom. The Balaban J connectivity index is 0.00000225. The molecule has 2 heterocycles. The van der Waals surface area contributed by atoms with Crippen LogP contribution in [0.4, 0.5) is 5.69 Å². The van der Waals surface area contributed by atoms with Gasteiger partial charge in [-0.25, -0.2) is 4.68 Å². The first-order valence-corrected chi connectivity index (χ1v) is 7.83. The molecule has 2 aromatic rings. The van der Waals surface area contributed by atoms with Gasteiger partial charge >= 0.3 is 0 Å². The van der Waals surface area contributed by atoms with Crippen LogP contribution in [-0.2, 0) is 0 Å². The van der Waals surface area contributed by atoms with Crippen molar-refractivity contribution in [2.75, 3.05) is 13.1 Å². The fraction of sp³-hybridized carbons (Fsp3) is 0.375. The van der Waals surface area contributed by atoms with Crippen LogP contribution in [-0.4, -0.2) is 50.7 Å². The van der Waals surface area contributed by atoms with E-state index in [2.05, 4.69) is 10.4 Å². The summed E-state index contributed by atoms with van der Waals surface area (Å²) in [4.78, 5) is 25.2. The van der Waals surface area contributed by atoms with Crippen LogP contribution in [0.1, 0.15) is 24.3 Å². The zero-order valence-corrected chi connectivity index (χ0v) is 14.8. The summed E-state index contributed by atoms with van der Waals surface area (Å²) in [5.74, 6) is -0.159. The lowest BCUT2D eigenvalue weighted by Gasteiger charge is -2.38. The molecule has 0 bridgehead atoms. The van der Waals surface area contributed by atoms with Gasteiger partial charge in [0.2, 0.25) is 0 Å². The number of benzene rings is 1. The molecule has 3 rings (SSSR count). The normalized spacial score (nSPS) is 20.0. The van der Waals surface area contributed by atoms with E-state index in [1.807, 2.05) is 13.8 Å². The van der Waals surface area contributed by atoms with E-state index in [1.165, 1.54) is 10.7 Å². The van der Waals surface area contributed by atoms with Gasteiger partial charge in [-0.1, -0.05) is 12.1 Å². The van der Waals surface area contributed by atoms with Gasteiger partial charge in [-0.15, -0.1) is 12.4 Å². The highest BCUT2D eigenvalue weighted by molar-refractivity contribution is 5.92. The van der Waals surface area contributed by atoms with Crippen molar-refractivity contribution in [2.45, 2.75) is 25.9 Å². The van der Waals surface area contributed by atoms with Gasteiger partial charge in [-0.05, 0) is 26.0 Å². The molecule has 0 saturated carbocycles. The number of carbonyl (C=O) groups excluding carboxylic acids is 1. The minimum absolute atomic E-state index is 0. The maximum Gasteiger partial charge on any atom is 0.294 e. The molecule has 1 aromatic heterocycles. The van der Waals surface area contributed by atoms with Crippen molar-refractivity contribution < 1.29 is 9.72 Å². The molecule has 9 heteroatoms. The van der Waals surface area contributed by atoms with Gasteiger partial charge in [0.05, 0.1) is 4.92 Å². The molecule has 25 heavy (non-hydrogen) atoms. The summed E-state index contributed by atoms with van der Waals surface area (Å²) in [7, 11) is 0. The largest absolute Gasteiger partial charge is 0.332 e. The maximum absolute atomic E-state index is 12.7. The van der Waals surface area contributed by atoms with E-state index in [0.29, 0.717) is 12.2 Å². The third-order valence-corrected chi connectivity index (χ3v) is 4.43. The molecule has 1 aliphatic heterocycles. The van der Waals surface area contributed by atoms with E-state index in [9.17, 15) is 14.9 Å². The summed E-state index contributed by atoms with van der Waals surface area (Å²) in [5.41, 5.74) is 0.571. The third kappa shape index (κ3) is 3.64. The second-order valence-corrected chi connectivity index (χ2v) is 5.87. The quantitative estimate of drug-likeness (QED) is 0.663. The van der Waals surface area contributed by atoms with E-state index in [0.717, 1.165) is 6.54 Å². The maximum atomic E-state index is 12.7. The molecule has 2 unspecified atom stereocenters. The van der Waals surface area contributed by atoms with Crippen LogP contribution in [0.3, 0.4) is 0 Å². The Hall–Kier alpha value is -2.45. The van der Waals surface area contributed by atoms with Crippen LogP contribution in [0.5, 0.6) is 0 Å². The number of nitrogens with one attached hydrogen (secondary N) is 1. The number of hydrogen-bond acceptors (Lipinski definition) is 5. The van der Waals surface area contributed by atoms with Crippen LogP contribution < -0.4 is 5.32 Å². The summed E-state index contributed by atoms with van der Waals surface area (Å²) in [6.45, 7) is 5.38. The van der Waals surface area contributed by atoms with E-state index in [4.69, 9.17) is 0 Å². The zero-order chi connectivity index (χ0) is 17.3. The highest BCUT2D eigenvalue weighted by Gasteiger charge is 2.30. The van der Waals surface area contributed by atoms with Crippen molar-refractivity contribution in [3.63, 3.8) is 0 Å². The van der Waals surface area contributed by atoms with Gasteiger partial charge in [-0.2, -0.15) is 5.10 Å². The number of rotatable bonds is 3. The standard InChI is InChI=1S/C16H19N5O3.ClH/c1-11-12(2)19(10-8-17-11)16(22)13-7-9-20(18-13)14-5-3-4-6-15(14)21(23)24;/h3-7,9,11-12,17H,8,10H2,1-2H3;1H. The zero-order valence-electron chi connectivity index (χ0n) is 14.0. The van der Waals surface area contributed by atoms with Gasteiger partial charge in [0.1, 0.15) is 5.69 Å². The Morgan fingerprint density at radius 3 is 2.76 bits per heavy atom. The Bertz CT molecular complexity index is 779. The van der Waals surface area contributed by atoms with E-state index in [-0.39, 0.29) is 41.8 Å². The lowest BCUT2D eigenvalue weighted by atomic mass is 10.1. The van der Waals surface area contributed by atoms with Crippen LogP contribution in [0.15, 0.2) is 36.5 Å². The first-order valence-electron chi connectivity index (χ1n) is 7.83. The predicted molar refractivity (Wildman–Crippen MR) is 95.4 cm³/mol. The highest BCUT2D eigenvalue weighted by atomic mass is 35.5. The molecule has 1 fully saturated rings. The monoisotopic (exact) mass is 365 g/mol. The number of piperazine rings is 1. The smallest absolute Gasteiger partial charge is 0.294 e. The van der Waals surface area contributed by atoms with Crippen LogP contribution in [0.2, 0.25) is 0 Å². The van der Waals surface area contributed by atoms with Gasteiger partial charge in [0.15, 0.2) is 5.69 Å². The molecule has 1 N–H and O–H groups in total. The van der Waals surface area contributed by atoms with Gasteiger partial charge in [0, 0.05) is 37.4 Å². The van der Waals surface area contributed by atoms with Gasteiger partial charge in [0.25, 0.3) is 11.6 Å². The molecule has 1 aromatic carbocycles. The first-order chi connectivity index (χ1) is 11.5. The minimum Gasteiger partial charge on any atom is -0.332 e. The second kappa shape index (κ2) is 7.62. The van der Waals surface area contributed by atoms with E-state index in [1.54, 1.807) is 35.4 Å². The van der Waals surface area contributed by atoms with E-state index < -0.39 is 4.92 Å². The number of nitro benzene ring substituents is 1. The van der Waals surface area contributed by atoms with Gasteiger partial charge in [-0.3, -0.25) is 14.9 Å². The number of aromatic nitrogens is 2. The minimum atomic E-state index is -0.460. The van der Waals surface area contributed by atoms with Crippen molar-refractivity contribution in [3.8, 4) is 5.69 Å². The molecule has 8 nitrogen and oxygen atoms in total. The number of amides is 1. The number of carbonyl (C=O) groups is 1. The summed E-state index contributed by atoms with van der Waals surface area (Å²) < 4.78 is 1.38. The third-order valence-electron chi connectivity index (χ3n) is 4.43. The Labute approximate surface area is 151 Å². The second-order valence-electron chi connectivity index (χ2n) is 5.87. The average Bonchev–Trinajstić information content (AvgIpc) is 3.06. The van der Waals surface area contributed by atoms with Crippen molar-refractivity contribution >= 4 is 24.0 Å². The fourth-order valence-electron chi connectivity index (χ4n) is 2.87. The van der Waals surface area contributed by atoms with Crippen molar-refractivity contribution in [1.82, 2.24) is 20.0 Å². The molecular formula is C16H20ClN5O3. The molecule has 0 aliphatic carbocycles. The molecule has 134 valence electrons. The lowest BCUT2D eigenvalue weighted by molar-refractivity contribution is -0.384. The van der Waals surface area contributed by atoms with Crippen LogP contribution in [0, 0.1) is 10.1 Å². The van der Waals surface area contributed by atoms with Crippen LogP contribution >= 0.6 is 12.4 Å². The number of hydrogen-bond donors (Lipinski definition) is 1. The summed E-state index contributed by atoms with van der Waals surface area (Å²) in [6, 6.07) is 8.18.